The van der Waals surface area contributed by atoms with Crippen LogP contribution in [0.1, 0.15) is 33.1 Å². The second kappa shape index (κ2) is 9.03. The first-order valence-corrected chi connectivity index (χ1v) is 5.42. The molecule has 0 aliphatic heterocycles. The predicted molar refractivity (Wildman–Crippen MR) is 65.8 cm³/mol. The van der Waals surface area contributed by atoms with Gasteiger partial charge in [-0.05, 0) is 19.8 Å². The SMILES string of the molecule is CCCC[C@@H](OC)N(C)/C=N\C(C)=N/C=O. The molecule has 0 aliphatic carbocycles. The van der Waals surface area contributed by atoms with Crippen molar-refractivity contribution in [1.82, 2.24) is 4.90 Å². The topological polar surface area (TPSA) is 54.3 Å². The Morgan fingerprint density at radius 3 is 2.75 bits per heavy atom. The van der Waals surface area contributed by atoms with Gasteiger partial charge in [0.1, 0.15) is 12.1 Å². The molecule has 0 spiro atoms. The van der Waals surface area contributed by atoms with Gasteiger partial charge in [-0.2, -0.15) is 0 Å². The van der Waals surface area contributed by atoms with E-state index in [9.17, 15) is 4.79 Å². The van der Waals surface area contributed by atoms with Crippen LogP contribution in [-0.4, -0.2) is 43.9 Å². The van der Waals surface area contributed by atoms with Gasteiger partial charge in [0.15, 0.2) is 0 Å². The highest BCUT2D eigenvalue weighted by Crippen LogP contribution is 2.06. The lowest BCUT2D eigenvalue weighted by molar-refractivity contribution is -0.106. The Morgan fingerprint density at radius 1 is 1.56 bits per heavy atom. The van der Waals surface area contributed by atoms with Crippen LogP contribution in [0.4, 0.5) is 0 Å². The van der Waals surface area contributed by atoms with Crippen molar-refractivity contribution >= 4 is 18.6 Å². The molecule has 92 valence electrons. The largest absolute Gasteiger partial charge is 0.362 e. The Balaban J connectivity index is 4.23. The van der Waals surface area contributed by atoms with E-state index in [0.29, 0.717) is 12.2 Å². The van der Waals surface area contributed by atoms with Crippen LogP contribution in [0.5, 0.6) is 0 Å². The fourth-order valence-corrected chi connectivity index (χ4v) is 1.23. The summed E-state index contributed by atoms with van der Waals surface area (Å²) in [7, 11) is 3.57. The van der Waals surface area contributed by atoms with E-state index < -0.39 is 0 Å². The van der Waals surface area contributed by atoms with Gasteiger partial charge in [-0.15, -0.1) is 0 Å². The molecular weight excluding hydrogens is 206 g/mol. The van der Waals surface area contributed by atoms with E-state index in [4.69, 9.17) is 4.74 Å². The molecule has 0 rings (SSSR count). The van der Waals surface area contributed by atoms with E-state index in [-0.39, 0.29) is 6.23 Å². The minimum absolute atomic E-state index is 0.0210. The van der Waals surface area contributed by atoms with Crippen LogP contribution in [0, 0.1) is 0 Å². The van der Waals surface area contributed by atoms with Crippen LogP contribution in [0.25, 0.3) is 0 Å². The molecule has 0 unspecified atom stereocenters. The summed E-state index contributed by atoms with van der Waals surface area (Å²) in [4.78, 5) is 19.5. The van der Waals surface area contributed by atoms with Crippen molar-refractivity contribution in [2.45, 2.75) is 39.3 Å². The first-order chi connectivity index (χ1) is 7.65. The molecule has 0 aromatic carbocycles. The minimum Gasteiger partial charge on any atom is -0.362 e. The summed E-state index contributed by atoms with van der Waals surface area (Å²) < 4.78 is 5.33. The number of amides is 1. The molecule has 0 radical (unpaired) electrons. The summed E-state index contributed by atoms with van der Waals surface area (Å²) >= 11 is 0. The van der Waals surface area contributed by atoms with Crippen molar-refractivity contribution in [3.63, 3.8) is 0 Å². The molecule has 0 heterocycles. The van der Waals surface area contributed by atoms with Gasteiger partial charge in [0.05, 0.1) is 6.34 Å². The summed E-state index contributed by atoms with van der Waals surface area (Å²) in [6, 6.07) is 0. The molecule has 5 nitrogen and oxygen atoms in total. The van der Waals surface area contributed by atoms with Gasteiger partial charge < -0.3 is 9.64 Å². The average Bonchev–Trinajstić information content (AvgIpc) is 2.28. The molecule has 16 heavy (non-hydrogen) atoms. The summed E-state index contributed by atoms with van der Waals surface area (Å²) in [5.41, 5.74) is 0. The molecule has 0 saturated heterocycles. The maximum Gasteiger partial charge on any atom is 0.234 e. The Kier molecular flexibility index (Phi) is 8.34. The molecule has 0 bridgehead atoms. The molecular formula is C11H21N3O2. The number of carbonyl (C=O) groups excluding carboxylic acids is 1. The Hall–Kier alpha value is -1.23. The Bertz CT molecular complexity index is 252. The average molecular weight is 227 g/mol. The van der Waals surface area contributed by atoms with Crippen LogP contribution in [0.3, 0.4) is 0 Å². The third kappa shape index (κ3) is 6.29. The molecule has 5 heteroatoms. The lowest BCUT2D eigenvalue weighted by atomic mass is 10.2. The molecule has 0 aliphatic rings. The quantitative estimate of drug-likeness (QED) is 0.288. The maximum absolute atomic E-state index is 10.1. The van der Waals surface area contributed by atoms with Crippen molar-refractivity contribution in [3.8, 4) is 0 Å². The minimum atomic E-state index is 0.0210. The normalized spacial score (nSPS) is 14.1. The van der Waals surface area contributed by atoms with E-state index in [1.165, 1.54) is 0 Å². The number of methoxy groups -OCH3 is 1. The lowest BCUT2D eigenvalue weighted by Gasteiger charge is -2.24. The molecule has 0 fully saturated rings. The molecule has 1 atom stereocenters. The van der Waals surface area contributed by atoms with Crippen LogP contribution in [0.2, 0.25) is 0 Å². The van der Waals surface area contributed by atoms with Gasteiger partial charge >= 0.3 is 0 Å². The van der Waals surface area contributed by atoms with Crippen molar-refractivity contribution in [2.75, 3.05) is 14.2 Å². The number of rotatable bonds is 7. The second-order valence-corrected chi connectivity index (χ2v) is 3.52. The van der Waals surface area contributed by atoms with E-state index in [1.807, 2.05) is 11.9 Å². The Morgan fingerprint density at radius 2 is 2.25 bits per heavy atom. The van der Waals surface area contributed by atoms with Crippen LogP contribution in [0.15, 0.2) is 9.98 Å². The van der Waals surface area contributed by atoms with Gasteiger partial charge in [0, 0.05) is 14.2 Å². The smallest absolute Gasteiger partial charge is 0.234 e. The highest BCUT2D eigenvalue weighted by atomic mass is 16.5. The van der Waals surface area contributed by atoms with Crippen molar-refractivity contribution < 1.29 is 9.53 Å². The van der Waals surface area contributed by atoms with Crippen molar-refractivity contribution in [2.24, 2.45) is 9.98 Å². The lowest BCUT2D eigenvalue weighted by Crippen LogP contribution is -2.32. The standard InChI is InChI=1S/C11H21N3O2/c1-5-6-7-11(16-4)14(3)8-12-10(2)13-9-15/h8-9,11H,5-7H2,1-4H3/b12-8-,13-10-/t11-/m1/s1. The van der Waals surface area contributed by atoms with Crippen LogP contribution < -0.4 is 0 Å². The third-order valence-electron chi connectivity index (χ3n) is 2.20. The fraction of sp³-hybridized carbons (Fsp3) is 0.727. The zero-order valence-electron chi connectivity index (χ0n) is 10.5. The van der Waals surface area contributed by atoms with Gasteiger partial charge in [0.2, 0.25) is 6.41 Å². The molecule has 0 aromatic rings. The van der Waals surface area contributed by atoms with Crippen LogP contribution >= 0.6 is 0 Å². The summed E-state index contributed by atoms with van der Waals surface area (Å²) in [5, 5.41) is 0. The zero-order valence-corrected chi connectivity index (χ0v) is 10.5. The van der Waals surface area contributed by atoms with E-state index >= 15 is 0 Å². The molecule has 1 amide bonds. The summed E-state index contributed by atoms with van der Waals surface area (Å²) in [6.07, 6.45) is 5.34. The number of nitrogens with zero attached hydrogens (tertiary/aromatic N) is 3. The molecule has 0 N–H and O–H groups in total. The van der Waals surface area contributed by atoms with E-state index in [1.54, 1.807) is 20.4 Å². The number of ether oxygens (including phenoxy) is 1. The predicted octanol–water partition coefficient (Wildman–Crippen LogP) is 1.68. The van der Waals surface area contributed by atoms with E-state index in [2.05, 4.69) is 16.9 Å². The number of aliphatic imine (C=N–C) groups is 2. The Labute approximate surface area is 97.2 Å². The fourth-order valence-electron chi connectivity index (χ4n) is 1.23. The van der Waals surface area contributed by atoms with Gasteiger partial charge in [0.25, 0.3) is 0 Å². The number of hydrogen-bond acceptors (Lipinski definition) is 2. The van der Waals surface area contributed by atoms with Crippen molar-refractivity contribution in [3.05, 3.63) is 0 Å². The highest BCUT2D eigenvalue weighted by molar-refractivity contribution is 5.91. The number of unbranched alkanes of at least 4 members (excludes halogenated alkanes) is 1. The highest BCUT2D eigenvalue weighted by Gasteiger charge is 2.09. The van der Waals surface area contributed by atoms with E-state index in [0.717, 1.165) is 19.3 Å². The second-order valence-electron chi connectivity index (χ2n) is 3.52. The van der Waals surface area contributed by atoms with Gasteiger partial charge in [-0.25, -0.2) is 9.98 Å². The zero-order chi connectivity index (χ0) is 12.4. The monoisotopic (exact) mass is 227 g/mol. The van der Waals surface area contributed by atoms with Crippen LogP contribution in [-0.2, 0) is 9.53 Å². The third-order valence-corrected chi connectivity index (χ3v) is 2.20. The van der Waals surface area contributed by atoms with Crippen molar-refractivity contribution in [1.29, 1.82) is 0 Å². The summed E-state index contributed by atoms with van der Waals surface area (Å²) in [6.45, 7) is 3.81. The first kappa shape index (κ1) is 14.8. The molecule has 0 saturated carbocycles. The maximum atomic E-state index is 10.1. The van der Waals surface area contributed by atoms with Gasteiger partial charge in [-0.3, -0.25) is 4.79 Å². The van der Waals surface area contributed by atoms with Gasteiger partial charge in [-0.1, -0.05) is 13.3 Å². The molecule has 0 aromatic heterocycles. The summed E-state index contributed by atoms with van der Waals surface area (Å²) in [5.74, 6) is 0.437. The number of hydrogen-bond donors (Lipinski definition) is 0. The number of carbonyl (C=O) groups is 1. The number of amidine groups is 1. The first-order valence-electron chi connectivity index (χ1n) is 5.42.